The molecular formula is C14H29N3O. The molecule has 1 aliphatic heterocycles. The van der Waals surface area contributed by atoms with Gasteiger partial charge in [-0.25, -0.2) is 0 Å². The molecule has 3 unspecified atom stereocenters. The van der Waals surface area contributed by atoms with Crippen molar-refractivity contribution in [3.05, 3.63) is 0 Å². The molecule has 18 heavy (non-hydrogen) atoms. The Hall–Kier alpha value is -0.610. The van der Waals surface area contributed by atoms with Gasteiger partial charge in [0, 0.05) is 25.2 Å². The van der Waals surface area contributed by atoms with E-state index in [1.54, 1.807) is 0 Å². The summed E-state index contributed by atoms with van der Waals surface area (Å²) in [7, 11) is 0. The molecule has 1 heterocycles. The van der Waals surface area contributed by atoms with Crippen molar-refractivity contribution in [2.24, 2.45) is 5.73 Å². The molecular weight excluding hydrogens is 226 g/mol. The maximum absolute atomic E-state index is 12.0. The lowest BCUT2D eigenvalue weighted by molar-refractivity contribution is -0.127. The van der Waals surface area contributed by atoms with Gasteiger partial charge in [0.05, 0.1) is 6.04 Å². The van der Waals surface area contributed by atoms with Crippen molar-refractivity contribution >= 4 is 5.91 Å². The van der Waals surface area contributed by atoms with Crippen molar-refractivity contribution in [1.29, 1.82) is 0 Å². The second-order valence-electron chi connectivity index (χ2n) is 5.55. The van der Waals surface area contributed by atoms with E-state index in [-0.39, 0.29) is 11.9 Å². The minimum atomic E-state index is -0.0332. The van der Waals surface area contributed by atoms with Crippen LogP contribution in [0.1, 0.15) is 52.9 Å². The van der Waals surface area contributed by atoms with E-state index >= 15 is 0 Å². The number of likely N-dealkylation sites (tertiary alicyclic amines) is 1. The Morgan fingerprint density at radius 2 is 2.22 bits per heavy atom. The van der Waals surface area contributed by atoms with Gasteiger partial charge in [-0.1, -0.05) is 19.8 Å². The van der Waals surface area contributed by atoms with Gasteiger partial charge < -0.3 is 11.1 Å². The SMILES string of the molecule is CCCCCNC(=O)C(C)N1CCC(N)CC1C. The highest BCUT2D eigenvalue weighted by molar-refractivity contribution is 5.81. The molecule has 0 aromatic heterocycles. The zero-order chi connectivity index (χ0) is 13.5. The van der Waals surface area contributed by atoms with E-state index in [4.69, 9.17) is 5.73 Å². The third-order valence-corrected chi connectivity index (χ3v) is 3.92. The van der Waals surface area contributed by atoms with Crippen LogP contribution >= 0.6 is 0 Å². The molecule has 1 saturated heterocycles. The van der Waals surface area contributed by atoms with Gasteiger partial charge in [0.25, 0.3) is 0 Å². The maximum Gasteiger partial charge on any atom is 0.237 e. The number of nitrogens with zero attached hydrogens (tertiary/aromatic N) is 1. The first-order valence-corrected chi connectivity index (χ1v) is 7.35. The fraction of sp³-hybridized carbons (Fsp3) is 0.929. The molecule has 0 aliphatic carbocycles. The average molecular weight is 255 g/mol. The first-order chi connectivity index (χ1) is 8.56. The Bertz CT molecular complexity index is 257. The van der Waals surface area contributed by atoms with Gasteiger partial charge in [-0.2, -0.15) is 0 Å². The maximum atomic E-state index is 12.0. The molecule has 3 N–H and O–H groups in total. The lowest BCUT2D eigenvalue weighted by Crippen LogP contribution is -2.54. The predicted molar refractivity (Wildman–Crippen MR) is 75.4 cm³/mol. The van der Waals surface area contributed by atoms with Crippen LogP contribution in [0.2, 0.25) is 0 Å². The van der Waals surface area contributed by atoms with E-state index in [1.165, 1.54) is 12.8 Å². The molecule has 1 amide bonds. The van der Waals surface area contributed by atoms with Crippen LogP contribution in [-0.4, -0.2) is 42.0 Å². The molecule has 0 aromatic rings. The van der Waals surface area contributed by atoms with Crippen LogP contribution in [0.3, 0.4) is 0 Å². The van der Waals surface area contributed by atoms with E-state index in [0.717, 1.165) is 32.4 Å². The van der Waals surface area contributed by atoms with E-state index in [9.17, 15) is 4.79 Å². The van der Waals surface area contributed by atoms with E-state index in [0.29, 0.717) is 12.1 Å². The van der Waals surface area contributed by atoms with Crippen LogP contribution in [0.25, 0.3) is 0 Å². The van der Waals surface area contributed by atoms with E-state index in [2.05, 4.69) is 24.1 Å². The van der Waals surface area contributed by atoms with Crippen molar-refractivity contribution in [3.8, 4) is 0 Å². The van der Waals surface area contributed by atoms with Crippen molar-refractivity contribution in [1.82, 2.24) is 10.2 Å². The molecule has 3 atom stereocenters. The highest BCUT2D eigenvalue weighted by Crippen LogP contribution is 2.18. The van der Waals surface area contributed by atoms with Gasteiger partial charge >= 0.3 is 0 Å². The Kier molecular flexibility index (Phi) is 6.65. The molecule has 0 bridgehead atoms. The first-order valence-electron chi connectivity index (χ1n) is 7.35. The molecule has 4 heteroatoms. The summed E-state index contributed by atoms with van der Waals surface area (Å²) in [6.07, 6.45) is 5.44. The summed E-state index contributed by atoms with van der Waals surface area (Å²) in [4.78, 5) is 14.3. The topological polar surface area (TPSA) is 58.4 Å². The van der Waals surface area contributed by atoms with E-state index < -0.39 is 0 Å². The van der Waals surface area contributed by atoms with Crippen LogP contribution in [0.4, 0.5) is 0 Å². The molecule has 0 radical (unpaired) electrons. The summed E-state index contributed by atoms with van der Waals surface area (Å²) in [5, 5.41) is 3.03. The number of rotatable bonds is 6. The van der Waals surface area contributed by atoms with Crippen molar-refractivity contribution in [3.63, 3.8) is 0 Å². The van der Waals surface area contributed by atoms with Gasteiger partial charge in [-0.3, -0.25) is 9.69 Å². The predicted octanol–water partition coefficient (Wildman–Crippen LogP) is 1.49. The number of nitrogens with one attached hydrogen (secondary N) is 1. The average Bonchev–Trinajstić information content (AvgIpc) is 2.33. The molecule has 0 spiro atoms. The second-order valence-corrected chi connectivity index (χ2v) is 5.55. The van der Waals surface area contributed by atoms with Crippen LogP contribution < -0.4 is 11.1 Å². The zero-order valence-corrected chi connectivity index (χ0v) is 12.1. The summed E-state index contributed by atoms with van der Waals surface area (Å²) in [5.74, 6) is 0.161. The summed E-state index contributed by atoms with van der Waals surface area (Å²) in [5.41, 5.74) is 5.95. The molecule has 4 nitrogen and oxygen atoms in total. The number of unbranched alkanes of at least 4 members (excludes halogenated alkanes) is 2. The number of carbonyl (C=O) groups is 1. The number of piperidine rings is 1. The number of nitrogens with two attached hydrogens (primary N) is 1. The monoisotopic (exact) mass is 255 g/mol. The van der Waals surface area contributed by atoms with Gasteiger partial charge in [0.1, 0.15) is 0 Å². The highest BCUT2D eigenvalue weighted by Gasteiger charge is 2.29. The van der Waals surface area contributed by atoms with Crippen molar-refractivity contribution in [2.75, 3.05) is 13.1 Å². The smallest absolute Gasteiger partial charge is 0.237 e. The third kappa shape index (κ3) is 4.58. The third-order valence-electron chi connectivity index (χ3n) is 3.92. The Balaban J connectivity index is 2.33. The molecule has 106 valence electrons. The lowest BCUT2D eigenvalue weighted by Gasteiger charge is -2.39. The summed E-state index contributed by atoms with van der Waals surface area (Å²) in [6.45, 7) is 8.08. The molecule has 0 aromatic carbocycles. The van der Waals surface area contributed by atoms with Gasteiger partial charge in [0.15, 0.2) is 0 Å². The fourth-order valence-electron chi connectivity index (χ4n) is 2.69. The minimum Gasteiger partial charge on any atom is -0.355 e. The number of hydrogen-bond acceptors (Lipinski definition) is 3. The Morgan fingerprint density at radius 3 is 2.83 bits per heavy atom. The molecule has 1 fully saturated rings. The van der Waals surface area contributed by atoms with Gasteiger partial charge in [-0.15, -0.1) is 0 Å². The molecule has 1 rings (SSSR count). The normalized spacial score (nSPS) is 26.9. The summed E-state index contributed by atoms with van der Waals surface area (Å²) in [6, 6.07) is 0.676. The quantitative estimate of drug-likeness (QED) is 0.707. The summed E-state index contributed by atoms with van der Waals surface area (Å²) >= 11 is 0. The number of carbonyl (C=O) groups excluding carboxylic acids is 1. The van der Waals surface area contributed by atoms with E-state index in [1.807, 2.05) is 6.92 Å². The minimum absolute atomic E-state index is 0.0332. The molecule has 0 saturated carbocycles. The van der Waals surface area contributed by atoms with Crippen LogP contribution in [0.15, 0.2) is 0 Å². The summed E-state index contributed by atoms with van der Waals surface area (Å²) < 4.78 is 0. The number of amides is 1. The van der Waals surface area contributed by atoms with Crippen LogP contribution in [-0.2, 0) is 4.79 Å². The first kappa shape index (κ1) is 15.4. The Morgan fingerprint density at radius 1 is 1.50 bits per heavy atom. The fourth-order valence-corrected chi connectivity index (χ4v) is 2.69. The number of hydrogen-bond donors (Lipinski definition) is 2. The zero-order valence-electron chi connectivity index (χ0n) is 12.1. The lowest BCUT2D eigenvalue weighted by atomic mass is 9.97. The van der Waals surface area contributed by atoms with Crippen LogP contribution in [0.5, 0.6) is 0 Å². The van der Waals surface area contributed by atoms with Crippen molar-refractivity contribution < 1.29 is 4.79 Å². The second kappa shape index (κ2) is 7.74. The standard InChI is InChI=1S/C14H29N3O/c1-4-5-6-8-16-14(18)12(3)17-9-7-13(15)10-11(17)2/h11-13H,4-10,15H2,1-3H3,(H,16,18). The van der Waals surface area contributed by atoms with Crippen LogP contribution in [0, 0.1) is 0 Å². The van der Waals surface area contributed by atoms with Crippen molar-refractivity contribution in [2.45, 2.75) is 71.0 Å². The van der Waals surface area contributed by atoms with Gasteiger partial charge in [-0.05, 0) is 33.1 Å². The molecule has 1 aliphatic rings. The Labute approximate surface area is 111 Å². The highest BCUT2D eigenvalue weighted by atomic mass is 16.2. The van der Waals surface area contributed by atoms with Gasteiger partial charge in [0.2, 0.25) is 5.91 Å². The largest absolute Gasteiger partial charge is 0.355 e.